The highest BCUT2D eigenvalue weighted by Crippen LogP contribution is 2.33. The molecule has 3 N–H and O–H groups in total. The molecule has 1 saturated carbocycles. The van der Waals surface area contributed by atoms with E-state index in [1.165, 1.54) is 38.5 Å². The molecule has 1 fully saturated rings. The van der Waals surface area contributed by atoms with E-state index in [4.69, 9.17) is 5.84 Å². The summed E-state index contributed by atoms with van der Waals surface area (Å²) in [6, 6.07) is 0.662. The van der Waals surface area contributed by atoms with Crippen LogP contribution in [-0.4, -0.2) is 20.8 Å². The molecule has 5 nitrogen and oxygen atoms in total. The van der Waals surface area contributed by atoms with Crippen LogP contribution in [-0.2, 0) is 6.42 Å². The predicted molar refractivity (Wildman–Crippen MR) is 85.6 cm³/mol. The van der Waals surface area contributed by atoms with E-state index in [0.29, 0.717) is 18.0 Å². The van der Waals surface area contributed by atoms with Crippen LogP contribution >= 0.6 is 0 Å². The fourth-order valence-electron chi connectivity index (χ4n) is 3.70. The highest BCUT2D eigenvalue weighted by Gasteiger charge is 2.28. The van der Waals surface area contributed by atoms with Gasteiger partial charge < -0.3 is 0 Å². The average molecular weight is 293 g/mol. The highest BCUT2D eigenvalue weighted by molar-refractivity contribution is 4.94. The van der Waals surface area contributed by atoms with Gasteiger partial charge in [-0.15, -0.1) is 0 Å². The molecule has 0 amide bonds. The van der Waals surface area contributed by atoms with Crippen LogP contribution in [0, 0.1) is 11.8 Å². The molecule has 5 heteroatoms. The summed E-state index contributed by atoms with van der Waals surface area (Å²) in [6.07, 6.45) is 10.5. The summed E-state index contributed by atoms with van der Waals surface area (Å²) in [4.78, 5) is 4.42. The molecule has 0 aliphatic heterocycles. The maximum absolute atomic E-state index is 5.83. The smallest absolute Gasteiger partial charge is 0.138 e. The fourth-order valence-corrected chi connectivity index (χ4v) is 3.70. The summed E-state index contributed by atoms with van der Waals surface area (Å²) in [5, 5.41) is 4.32. The van der Waals surface area contributed by atoms with Crippen LogP contribution < -0.4 is 11.3 Å². The van der Waals surface area contributed by atoms with Crippen molar-refractivity contribution in [3.8, 4) is 0 Å². The number of hydrogen-bond donors (Lipinski definition) is 2. The third-order valence-corrected chi connectivity index (χ3v) is 4.91. The maximum Gasteiger partial charge on any atom is 0.138 e. The number of hydrogen-bond acceptors (Lipinski definition) is 4. The van der Waals surface area contributed by atoms with Gasteiger partial charge >= 0.3 is 0 Å². The van der Waals surface area contributed by atoms with Gasteiger partial charge in [0.25, 0.3) is 0 Å². The van der Waals surface area contributed by atoms with E-state index >= 15 is 0 Å². The molecule has 1 atom stereocenters. The summed E-state index contributed by atoms with van der Waals surface area (Å²) < 4.78 is 2.01. The first-order chi connectivity index (χ1) is 10.2. The molecule has 2 rings (SSSR count). The minimum Gasteiger partial charge on any atom is -0.271 e. The van der Waals surface area contributed by atoms with Crippen molar-refractivity contribution in [1.29, 1.82) is 0 Å². The fraction of sp³-hybridized carbons (Fsp3) is 0.875. The first-order valence-electron chi connectivity index (χ1n) is 8.50. The van der Waals surface area contributed by atoms with E-state index in [1.54, 1.807) is 6.33 Å². The summed E-state index contributed by atoms with van der Waals surface area (Å²) in [7, 11) is 0. The molecule has 1 heterocycles. The highest BCUT2D eigenvalue weighted by atomic mass is 15.3. The predicted octanol–water partition coefficient (Wildman–Crippen LogP) is 2.84. The molecule has 0 radical (unpaired) electrons. The third kappa shape index (κ3) is 4.27. The first-order valence-corrected chi connectivity index (χ1v) is 8.50. The number of aromatic nitrogens is 3. The quantitative estimate of drug-likeness (QED) is 0.599. The molecule has 0 aromatic carbocycles. The van der Waals surface area contributed by atoms with Crippen molar-refractivity contribution in [2.24, 2.45) is 17.7 Å². The van der Waals surface area contributed by atoms with Gasteiger partial charge in [-0.25, -0.2) is 9.67 Å². The van der Waals surface area contributed by atoms with Gasteiger partial charge in [-0.3, -0.25) is 11.3 Å². The van der Waals surface area contributed by atoms with Crippen molar-refractivity contribution in [2.45, 2.75) is 77.8 Å². The second-order valence-electron chi connectivity index (χ2n) is 6.76. The Morgan fingerprint density at radius 1 is 1.33 bits per heavy atom. The lowest BCUT2D eigenvalue weighted by molar-refractivity contribution is 0.210. The molecule has 0 saturated heterocycles. The minimum atomic E-state index is 0.314. The molecular formula is C16H31N5. The van der Waals surface area contributed by atoms with E-state index in [9.17, 15) is 0 Å². The van der Waals surface area contributed by atoms with Crippen molar-refractivity contribution >= 4 is 0 Å². The molecule has 120 valence electrons. The number of nitrogens with two attached hydrogens (primary N) is 1. The molecule has 1 aliphatic rings. The number of hydrazine groups is 1. The second-order valence-corrected chi connectivity index (χ2v) is 6.76. The summed E-state index contributed by atoms with van der Waals surface area (Å²) >= 11 is 0. The zero-order valence-corrected chi connectivity index (χ0v) is 13.8. The van der Waals surface area contributed by atoms with Gasteiger partial charge in [0.1, 0.15) is 12.2 Å². The zero-order valence-electron chi connectivity index (χ0n) is 13.8. The van der Waals surface area contributed by atoms with Gasteiger partial charge in [0.15, 0.2) is 0 Å². The number of nitrogens with zero attached hydrogens (tertiary/aromatic N) is 3. The maximum atomic E-state index is 5.83. The lowest BCUT2D eigenvalue weighted by atomic mass is 9.76. The van der Waals surface area contributed by atoms with Crippen LogP contribution in [0.25, 0.3) is 0 Å². The summed E-state index contributed by atoms with van der Waals surface area (Å²) in [5.74, 6) is 8.48. The largest absolute Gasteiger partial charge is 0.271 e. The number of rotatable bonds is 7. The number of nitrogens with one attached hydrogen (secondary N) is 1. The Morgan fingerprint density at radius 3 is 2.62 bits per heavy atom. The second kappa shape index (κ2) is 7.90. The molecule has 1 aromatic heterocycles. The van der Waals surface area contributed by atoms with Gasteiger partial charge in [0.2, 0.25) is 0 Å². The van der Waals surface area contributed by atoms with Crippen LogP contribution in [0.3, 0.4) is 0 Å². The molecule has 1 aliphatic carbocycles. The minimum absolute atomic E-state index is 0.314. The molecule has 1 aromatic rings. The lowest BCUT2D eigenvalue weighted by Crippen LogP contribution is -2.44. The Hall–Kier alpha value is -0.940. The van der Waals surface area contributed by atoms with E-state index in [2.05, 4.69) is 36.3 Å². The summed E-state index contributed by atoms with van der Waals surface area (Å²) in [6.45, 7) is 6.56. The van der Waals surface area contributed by atoms with Gasteiger partial charge in [-0.1, -0.05) is 32.6 Å². The van der Waals surface area contributed by atoms with Crippen LogP contribution in [0.4, 0.5) is 0 Å². The average Bonchev–Trinajstić information content (AvgIpc) is 2.94. The third-order valence-electron chi connectivity index (χ3n) is 4.91. The van der Waals surface area contributed by atoms with Crippen molar-refractivity contribution in [3.63, 3.8) is 0 Å². The van der Waals surface area contributed by atoms with Crippen LogP contribution in [0.15, 0.2) is 6.33 Å². The Bertz CT molecular complexity index is 407. The van der Waals surface area contributed by atoms with Crippen LogP contribution in [0.5, 0.6) is 0 Å². The SMILES string of the molecule is CCCC1CCC(C(Cc2ncnn2C(C)C)NN)CC1. The lowest BCUT2D eigenvalue weighted by Gasteiger charge is -2.33. The Balaban J connectivity index is 1.93. The standard InChI is InChI=1S/C16H31N5/c1-4-5-13-6-8-14(9-7-13)15(20-17)10-16-18-11-19-21(16)12(2)3/h11-15,20H,4-10,17H2,1-3H3. The Labute approximate surface area is 128 Å². The normalized spacial score (nSPS) is 24.4. The first kappa shape index (κ1) is 16.4. The van der Waals surface area contributed by atoms with E-state index < -0.39 is 0 Å². The van der Waals surface area contributed by atoms with Crippen LogP contribution in [0.1, 0.15) is 71.2 Å². The van der Waals surface area contributed by atoms with Crippen LogP contribution in [0.2, 0.25) is 0 Å². The van der Waals surface area contributed by atoms with Gasteiger partial charge in [-0.05, 0) is 38.5 Å². The van der Waals surface area contributed by atoms with E-state index in [0.717, 1.165) is 18.2 Å². The monoisotopic (exact) mass is 293 g/mol. The van der Waals surface area contributed by atoms with Gasteiger partial charge in [0, 0.05) is 18.5 Å². The zero-order chi connectivity index (χ0) is 15.2. The summed E-state index contributed by atoms with van der Waals surface area (Å²) in [5.41, 5.74) is 3.04. The van der Waals surface area contributed by atoms with Crippen molar-refractivity contribution in [2.75, 3.05) is 0 Å². The Kier molecular flexibility index (Phi) is 6.18. The van der Waals surface area contributed by atoms with Crippen molar-refractivity contribution < 1.29 is 0 Å². The van der Waals surface area contributed by atoms with Crippen molar-refractivity contribution in [1.82, 2.24) is 20.2 Å². The van der Waals surface area contributed by atoms with Gasteiger partial charge in [-0.2, -0.15) is 5.10 Å². The Morgan fingerprint density at radius 2 is 2.05 bits per heavy atom. The van der Waals surface area contributed by atoms with Gasteiger partial charge in [0.05, 0.1) is 0 Å². The molecule has 1 unspecified atom stereocenters. The topological polar surface area (TPSA) is 68.8 Å². The molecular weight excluding hydrogens is 262 g/mol. The molecule has 21 heavy (non-hydrogen) atoms. The van der Waals surface area contributed by atoms with Crippen molar-refractivity contribution in [3.05, 3.63) is 12.2 Å². The van der Waals surface area contributed by atoms with E-state index in [-0.39, 0.29) is 0 Å². The molecule has 0 bridgehead atoms. The van der Waals surface area contributed by atoms with E-state index in [1.807, 2.05) is 4.68 Å². The molecule has 0 spiro atoms.